The van der Waals surface area contributed by atoms with Crippen LogP contribution in [0.25, 0.3) is 5.52 Å². The summed E-state index contributed by atoms with van der Waals surface area (Å²) in [4.78, 5) is 27.6. The van der Waals surface area contributed by atoms with Gasteiger partial charge in [0.25, 0.3) is 5.91 Å². The number of likely N-dealkylation sites (tertiary alicyclic amines) is 1. The normalized spacial score (nSPS) is 24.5. The summed E-state index contributed by atoms with van der Waals surface area (Å²) < 4.78 is 7.45. The van der Waals surface area contributed by atoms with Crippen LogP contribution in [0.5, 0.6) is 0 Å². The maximum atomic E-state index is 14.0. The van der Waals surface area contributed by atoms with Gasteiger partial charge in [-0.2, -0.15) is 0 Å². The van der Waals surface area contributed by atoms with Crippen LogP contribution in [0.4, 0.5) is 5.82 Å². The molecule has 1 amide bonds. The molecule has 3 atom stereocenters. The van der Waals surface area contributed by atoms with E-state index in [2.05, 4.69) is 45.1 Å². The molecule has 7 nitrogen and oxygen atoms in total. The van der Waals surface area contributed by atoms with Crippen LogP contribution < -0.4 is 4.90 Å². The lowest BCUT2D eigenvalue weighted by Crippen LogP contribution is -2.52. The van der Waals surface area contributed by atoms with Gasteiger partial charge >= 0.3 is 0 Å². The Morgan fingerprint density at radius 1 is 1.00 bits per heavy atom. The van der Waals surface area contributed by atoms with E-state index in [1.807, 2.05) is 30.6 Å². The number of fused-ring (bicyclic) bond motifs is 2. The minimum absolute atomic E-state index is 0.0547. The predicted octanol–water partition coefficient (Wildman–Crippen LogP) is 4.78. The highest BCUT2D eigenvalue weighted by molar-refractivity contribution is 5.94. The third-order valence-electron chi connectivity index (χ3n) is 7.80. The van der Waals surface area contributed by atoms with Gasteiger partial charge in [0.1, 0.15) is 5.52 Å². The van der Waals surface area contributed by atoms with Crippen molar-refractivity contribution in [1.82, 2.24) is 19.3 Å². The molecule has 0 N–H and O–H groups in total. The Hall–Kier alpha value is -2.93. The van der Waals surface area contributed by atoms with Gasteiger partial charge in [-0.05, 0) is 36.7 Å². The van der Waals surface area contributed by atoms with E-state index in [0.29, 0.717) is 30.9 Å². The van der Waals surface area contributed by atoms with Crippen molar-refractivity contribution in [2.75, 3.05) is 37.7 Å². The molecule has 0 spiro atoms. The summed E-state index contributed by atoms with van der Waals surface area (Å²) in [6, 6.07) is 11.2. The molecule has 3 aromatic rings. The van der Waals surface area contributed by atoms with E-state index in [1.165, 1.54) is 24.8 Å². The van der Waals surface area contributed by atoms with Gasteiger partial charge in [-0.25, -0.2) is 4.98 Å². The molecular weight excluding hydrogens is 438 g/mol. The molecule has 1 aromatic carbocycles. The monoisotopic (exact) mass is 475 g/mol. The van der Waals surface area contributed by atoms with Gasteiger partial charge in [0, 0.05) is 38.1 Å². The minimum Gasteiger partial charge on any atom is -0.378 e. The molecule has 35 heavy (non-hydrogen) atoms. The van der Waals surface area contributed by atoms with Crippen molar-refractivity contribution in [3.8, 4) is 0 Å². The van der Waals surface area contributed by atoms with Crippen LogP contribution in [0.1, 0.15) is 68.1 Å². The fraction of sp³-hybridized carbons (Fsp3) is 0.536. The van der Waals surface area contributed by atoms with Crippen molar-refractivity contribution in [3.63, 3.8) is 0 Å². The molecule has 186 valence electrons. The number of piperidine rings is 1. The molecule has 4 heterocycles. The molecule has 0 radical (unpaired) electrons. The van der Waals surface area contributed by atoms with Gasteiger partial charge in [-0.1, -0.05) is 57.0 Å². The summed E-state index contributed by atoms with van der Waals surface area (Å²) in [6.45, 7) is 7.70. The van der Waals surface area contributed by atoms with Crippen molar-refractivity contribution in [2.45, 2.75) is 57.9 Å². The van der Waals surface area contributed by atoms with Crippen LogP contribution in [0, 0.1) is 5.92 Å². The lowest BCUT2D eigenvalue weighted by atomic mass is 9.69. The highest BCUT2D eigenvalue weighted by atomic mass is 16.5. The molecule has 0 bridgehead atoms. The van der Waals surface area contributed by atoms with E-state index < -0.39 is 0 Å². The zero-order valence-electron chi connectivity index (χ0n) is 21.0. The molecule has 6 rings (SSSR count). The minimum atomic E-state index is 0.0547. The Morgan fingerprint density at radius 2 is 1.77 bits per heavy atom. The zero-order valence-corrected chi connectivity index (χ0v) is 21.0. The average Bonchev–Trinajstić information content (AvgIpc) is 3.34. The summed E-state index contributed by atoms with van der Waals surface area (Å²) in [5, 5.41) is 0. The Labute approximate surface area is 208 Å². The second-order valence-corrected chi connectivity index (χ2v) is 9.51. The van der Waals surface area contributed by atoms with Crippen molar-refractivity contribution in [1.29, 1.82) is 0 Å². The number of anilines is 1. The third-order valence-corrected chi connectivity index (χ3v) is 7.80. The van der Waals surface area contributed by atoms with Gasteiger partial charge in [0.15, 0.2) is 5.82 Å². The molecule has 3 fully saturated rings. The molecule has 2 aliphatic heterocycles. The number of aromatic nitrogens is 3. The van der Waals surface area contributed by atoms with Gasteiger partial charge in [-0.15, -0.1) is 0 Å². The lowest BCUT2D eigenvalue weighted by molar-refractivity contribution is 0.0308. The highest BCUT2D eigenvalue weighted by Gasteiger charge is 2.42. The number of ether oxygens (including phenoxy) is 1. The number of hydrogen-bond acceptors (Lipinski definition) is 5. The number of nitrogens with zero attached hydrogens (tertiary/aromatic N) is 5. The molecule has 1 aliphatic carbocycles. The lowest BCUT2D eigenvalue weighted by Gasteiger charge is -2.48. The van der Waals surface area contributed by atoms with Crippen molar-refractivity contribution >= 4 is 17.2 Å². The summed E-state index contributed by atoms with van der Waals surface area (Å²) in [7, 11) is 0. The van der Waals surface area contributed by atoms with Crippen molar-refractivity contribution in [3.05, 3.63) is 60.3 Å². The topological polar surface area (TPSA) is 63.0 Å². The number of carbonyl (C=O) groups is 1. The van der Waals surface area contributed by atoms with Crippen molar-refractivity contribution in [2.24, 2.45) is 5.92 Å². The highest BCUT2D eigenvalue weighted by Crippen LogP contribution is 2.44. The van der Waals surface area contributed by atoms with Crippen LogP contribution in [0.3, 0.4) is 0 Å². The standard InChI is InChI=1S/C26H31N5O2.C2H6/c32-26(25-28-24(29-14-16-33-17-15-29)23-18-27-11-13-30(23)25)31-12-10-20(19-6-2-1-3-7-19)21-8-4-5-9-22(21)31;1-2/h1-3,6-7,11,13,18,20-22H,4-5,8-10,12,14-17H2;1-2H3. The Morgan fingerprint density at radius 3 is 2.57 bits per heavy atom. The first-order valence-corrected chi connectivity index (χ1v) is 13.3. The average molecular weight is 476 g/mol. The Kier molecular flexibility index (Phi) is 7.32. The van der Waals surface area contributed by atoms with Gasteiger partial charge < -0.3 is 14.5 Å². The fourth-order valence-electron chi connectivity index (χ4n) is 6.23. The molecule has 2 aromatic heterocycles. The van der Waals surface area contributed by atoms with Gasteiger partial charge in [-0.3, -0.25) is 14.2 Å². The smallest absolute Gasteiger partial charge is 0.290 e. The number of amides is 1. The summed E-state index contributed by atoms with van der Waals surface area (Å²) in [5.74, 6) is 2.46. The predicted molar refractivity (Wildman–Crippen MR) is 138 cm³/mol. The molecule has 3 aliphatic rings. The zero-order chi connectivity index (χ0) is 24.2. The van der Waals surface area contributed by atoms with Crippen LogP contribution in [0.2, 0.25) is 0 Å². The number of morpholine rings is 1. The van der Waals surface area contributed by atoms with E-state index in [9.17, 15) is 4.79 Å². The number of imidazole rings is 1. The first kappa shape index (κ1) is 23.8. The largest absolute Gasteiger partial charge is 0.378 e. The van der Waals surface area contributed by atoms with E-state index in [0.717, 1.165) is 43.8 Å². The number of hydrogen-bond donors (Lipinski definition) is 0. The van der Waals surface area contributed by atoms with Crippen LogP contribution in [0.15, 0.2) is 48.9 Å². The van der Waals surface area contributed by atoms with Gasteiger partial charge in [0.2, 0.25) is 5.82 Å². The Balaban J connectivity index is 0.00000124. The number of carbonyl (C=O) groups excluding carboxylic acids is 1. The molecule has 7 heteroatoms. The van der Waals surface area contributed by atoms with Crippen molar-refractivity contribution < 1.29 is 9.53 Å². The quantitative estimate of drug-likeness (QED) is 0.546. The molecule has 1 saturated carbocycles. The van der Waals surface area contributed by atoms with E-state index >= 15 is 0 Å². The number of benzene rings is 1. The van der Waals surface area contributed by atoms with Crippen LogP contribution in [-0.2, 0) is 4.74 Å². The van der Waals surface area contributed by atoms with E-state index in [4.69, 9.17) is 9.72 Å². The van der Waals surface area contributed by atoms with E-state index in [-0.39, 0.29) is 11.9 Å². The summed E-state index contributed by atoms with van der Waals surface area (Å²) >= 11 is 0. The van der Waals surface area contributed by atoms with Gasteiger partial charge in [0.05, 0.1) is 19.4 Å². The number of rotatable bonds is 3. The van der Waals surface area contributed by atoms with Crippen LogP contribution in [-0.4, -0.2) is 64.1 Å². The summed E-state index contributed by atoms with van der Waals surface area (Å²) in [6.07, 6.45) is 11.2. The first-order valence-electron chi connectivity index (χ1n) is 13.3. The van der Waals surface area contributed by atoms with E-state index in [1.54, 1.807) is 6.20 Å². The second kappa shape index (κ2) is 10.8. The molecule has 3 unspecified atom stereocenters. The first-order chi connectivity index (χ1) is 17.3. The molecule has 2 saturated heterocycles. The maximum absolute atomic E-state index is 14.0. The Bertz CT molecular complexity index is 1120. The molecular formula is C28H37N5O2. The SMILES string of the molecule is CC.O=C(c1nc(N2CCOCC2)c2cnccn12)N1CCC(c2ccccc2)C2CCCCC21. The maximum Gasteiger partial charge on any atom is 0.290 e. The van der Waals surface area contributed by atoms with Crippen LogP contribution >= 0.6 is 0 Å². The third kappa shape index (κ3) is 4.54. The summed E-state index contributed by atoms with van der Waals surface area (Å²) in [5.41, 5.74) is 2.32. The fourth-order valence-corrected chi connectivity index (χ4v) is 6.23. The second-order valence-electron chi connectivity index (χ2n) is 9.51.